The molecule has 1 aliphatic carbocycles. The molecular formula is C36H46FN9O2. The highest BCUT2D eigenvalue weighted by Crippen LogP contribution is 2.43. The van der Waals surface area contributed by atoms with Gasteiger partial charge in [-0.2, -0.15) is 5.10 Å². The second kappa shape index (κ2) is 12.5. The van der Waals surface area contributed by atoms with Gasteiger partial charge in [0.15, 0.2) is 5.82 Å². The van der Waals surface area contributed by atoms with Crippen molar-refractivity contribution in [3.63, 3.8) is 0 Å². The number of pyridine rings is 1. The van der Waals surface area contributed by atoms with E-state index in [1.165, 1.54) is 57.5 Å². The zero-order chi connectivity index (χ0) is 33.0. The van der Waals surface area contributed by atoms with Gasteiger partial charge < -0.3 is 19.5 Å². The summed E-state index contributed by atoms with van der Waals surface area (Å²) in [5.74, 6) is -0.883. The molecule has 0 unspecified atom stereocenters. The van der Waals surface area contributed by atoms with E-state index in [1.807, 2.05) is 6.07 Å². The number of piperidine rings is 2. The number of carbonyl (C=O) groups is 1. The molecule has 4 aliphatic rings. The lowest BCUT2D eigenvalue weighted by Gasteiger charge is -2.57. The summed E-state index contributed by atoms with van der Waals surface area (Å²) in [6.45, 7) is 7.00. The number of imidazole rings is 1. The largest absolute Gasteiger partial charge is 0.393 e. The van der Waals surface area contributed by atoms with E-state index in [2.05, 4.69) is 53.8 Å². The topological polar surface area (TPSA) is 108 Å². The maximum atomic E-state index is 15.7. The van der Waals surface area contributed by atoms with Crippen LogP contribution < -0.4 is 10.2 Å². The summed E-state index contributed by atoms with van der Waals surface area (Å²) in [6, 6.07) is 8.48. The Bertz CT molecular complexity index is 1790. The van der Waals surface area contributed by atoms with Gasteiger partial charge in [-0.1, -0.05) is 0 Å². The first-order valence-electron chi connectivity index (χ1n) is 17.6. The van der Waals surface area contributed by atoms with Crippen molar-refractivity contribution in [2.24, 2.45) is 12.5 Å². The van der Waals surface area contributed by atoms with E-state index >= 15 is 4.39 Å². The maximum Gasteiger partial charge on any atom is 0.261 e. The number of aliphatic hydroxyl groups excluding tert-OH is 1. The molecule has 48 heavy (non-hydrogen) atoms. The number of benzene rings is 1. The van der Waals surface area contributed by atoms with Crippen molar-refractivity contribution >= 4 is 28.6 Å². The van der Waals surface area contributed by atoms with E-state index in [0.29, 0.717) is 35.8 Å². The smallest absolute Gasteiger partial charge is 0.261 e. The fraction of sp³-hybridized carbons (Fsp3) is 0.556. The molecule has 0 bridgehead atoms. The van der Waals surface area contributed by atoms with E-state index in [0.717, 1.165) is 55.5 Å². The van der Waals surface area contributed by atoms with E-state index in [4.69, 9.17) is 4.98 Å². The van der Waals surface area contributed by atoms with Gasteiger partial charge in [0, 0.05) is 69.0 Å². The Hall–Kier alpha value is -3.87. The summed E-state index contributed by atoms with van der Waals surface area (Å²) in [7, 11) is 3.99. The number of hydrogen-bond donors (Lipinski definition) is 2. The van der Waals surface area contributed by atoms with E-state index in [-0.39, 0.29) is 23.4 Å². The van der Waals surface area contributed by atoms with Crippen molar-refractivity contribution in [1.29, 1.82) is 0 Å². The molecule has 8 rings (SSSR count). The SMILES string of the molecule is CN1CCC2(CC1)CN(C1CCN(c3ccc4nc(NC(=O)c5ccnc(-c6cnn(C)c6)c5F)n([C@H]5CC[C@@H](O)CC5)c4c3)CC1)C2. The van der Waals surface area contributed by atoms with Crippen LogP contribution in [0.5, 0.6) is 0 Å². The first-order chi connectivity index (χ1) is 23.2. The van der Waals surface area contributed by atoms with Crippen LogP contribution in [0.4, 0.5) is 16.0 Å². The summed E-state index contributed by atoms with van der Waals surface area (Å²) >= 11 is 0. The molecule has 2 N–H and O–H groups in total. The highest BCUT2D eigenvalue weighted by atomic mass is 19.1. The molecule has 1 spiro atoms. The van der Waals surface area contributed by atoms with Gasteiger partial charge in [0.2, 0.25) is 5.95 Å². The van der Waals surface area contributed by atoms with Gasteiger partial charge in [-0.3, -0.25) is 24.7 Å². The number of nitrogens with one attached hydrogen (secondary N) is 1. The number of hydrogen-bond acceptors (Lipinski definition) is 8. The molecular weight excluding hydrogens is 609 g/mol. The van der Waals surface area contributed by atoms with Crippen molar-refractivity contribution in [3.05, 3.63) is 54.2 Å². The zero-order valence-electron chi connectivity index (χ0n) is 28.0. The third-order valence-electron chi connectivity index (χ3n) is 11.5. The molecule has 1 saturated carbocycles. The quantitative estimate of drug-likeness (QED) is 0.308. The molecule has 3 aliphatic heterocycles. The summed E-state index contributed by atoms with van der Waals surface area (Å²) in [5, 5.41) is 17.3. The van der Waals surface area contributed by atoms with Crippen LogP contribution >= 0.6 is 0 Å². The van der Waals surface area contributed by atoms with Gasteiger partial charge in [0.25, 0.3) is 5.91 Å². The number of aromatic nitrogens is 5. The molecule has 4 aromatic rings. The number of halogens is 1. The molecule has 1 aromatic carbocycles. The van der Waals surface area contributed by atoms with Crippen LogP contribution in [0, 0.1) is 11.2 Å². The monoisotopic (exact) mass is 655 g/mol. The fourth-order valence-corrected chi connectivity index (χ4v) is 8.56. The Morgan fingerprint density at radius 2 is 1.73 bits per heavy atom. The van der Waals surface area contributed by atoms with Gasteiger partial charge in [0.05, 0.1) is 28.9 Å². The second-order valence-electron chi connectivity index (χ2n) is 14.7. The first kappa shape index (κ1) is 31.4. The molecule has 12 heteroatoms. The van der Waals surface area contributed by atoms with Crippen molar-refractivity contribution in [3.8, 4) is 11.3 Å². The number of anilines is 2. The number of nitrogens with zero attached hydrogens (tertiary/aromatic N) is 8. The molecule has 11 nitrogen and oxygen atoms in total. The number of carbonyl (C=O) groups excluding carboxylic acids is 1. The predicted octanol–water partition coefficient (Wildman–Crippen LogP) is 4.70. The standard InChI is InChI=1S/C36H46FN9O2/c1-42-17-12-36(13-18-42)22-45(23-36)25-10-15-44(16-11-25)27-5-8-30-31(19-27)46(26-3-6-28(47)7-4-26)35(40-30)41-34(48)29-9-14-38-33(32(29)37)24-20-39-43(2)21-24/h5,8-9,14,19-21,25-26,28,47H,3-4,6-7,10-13,15-18,22-23H2,1-2H3,(H,40,41,48)/t26-,28+. The number of aliphatic hydroxyl groups is 1. The summed E-state index contributed by atoms with van der Waals surface area (Å²) in [6.07, 6.45) is 12.2. The van der Waals surface area contributed by atoms with Crippen LogP contribution in [0.1, 0.15) is 67.8 Å². The van der Waals surface area contributed by atoms with Gasteiger partial charge >= 0.3 is 0 Å². The molecule has 3 aromatic heterocycles. The average Bonchev–Trinajstić information content (AvgIpc) is 3.67. The third-order valence-corrected chi connectivity index (χ3v) is 11.5. The van der Waals surface area contributed by atoms with Gasteiger partial charge in [-0.05, 0) is 101 Å². The Kier molecular flexibility index (Phi) is 8.20. The normalized spacial score (nSPS) is 23.9. The zero-order valence-corrected chi connectivity index (χ0v) is 28.0. The van der Waals surface area contributed by atoms with Crippen LogP contribution in [-0.4, -0.2) is 104 Å². The summed E-state index contributed by atoms with van der Waals surface area (Å²) < 4.78 is 19.3. The summed E-state index contributed by atoms with van der Waals surface area (Å²) in [5.41, 5.74) is 3.92. The van der Waals surface area contributed by atoms with Crippen molar-refractivity contribution < 1.29 is 14.3 Å². The lowest BCUT2D eigenvalue weighted by Crippen LogP contribution is -2.63. The average molecular weight is 656 g/mol. The van der Waals surface area contributed by atoms with Crippen molar-refractivity contribution in [1.82, 2.24) is 34.1 Å². The number of rotatable bonds is 6. The highest BCUT2D eigenvalue weighted by Gasteiger charge is 2.46. The second-order valence-corrected chi connectivity index (χ2v) is 14.7. The Morgan fingerprint density at radius 1 is 0.979 bits per heavy atom. The molecule has 3 saturated heterocycles. The Morgan fingerprint density at radius 3 is 2.44 bits per heavy atom. The predicted molar refractivity (Wildman–Crippen MR) is 184 cm³/mol. The lowest BCUT2D eigenvalue weighted by molar-refractivity contribution is -0.0704. The molecule has 4 fully saturated rings. The van der Waals surface area contributed by atoms with Crippen LogP contribution in [0.25, 0.3) is 22.3 Å². The molecule has 0 radical (unpaired) electrons. The number of likely N-dealkylation sites (tertiary alicyclic amines) is 2. The number of amides is 1. The molecule has 0 atom stereocenters. The maximum absolute atomic E-state index is 15.7. The highest BCUT2D eigenvalue weighted by molar-refractivity contribution is 6.05. The Balaban J connectivity index is 1.02. The van der Waals surface area contributed by atoms with Crippen molar-refractivity contribution in [2.75, 3.05) is 56.5 Å². The van der Waals surface area contributed by atoms with Gasteiger partial charge in [-0.25, -0.2) is 9.37 Å². The van der Waals surface area contributed by atoms with Crippen molar-refractivity contribution in [2.45, 2.75) is 69.6 Å². The number of fused-ring (bicyclic) bond motifs is 1. The van der Waals surface area contributed by atoms with E-state index < -0.39 is 11.7 Å². The third kappa shape index (κ3) is 5.88. The molecule has 6 heterocycles. The van der Waals surface area contributed by atoms with E-state index in [1.54, 1.807) is 17.9 Å². The van der Waals surface area contributed by atoms with Crippen LogP contribution in [-0.2, 0) is 7.05 Å². The molecule has 1 amide bonds. The van der Waals surface area contributed by atoms with Crippen LogP contribution in [0.15, 0.2) is 42.9 Å². The summed E-state index contributed by atoms with van der Waals surface area (Å²) in [4.78, 5) is 30.3. The van der Waals surface area contributed by atoms with Crippen LogP contribution in [0.3, 0.4) is 0 Å². The minimum Gasteiger partial charge on any atom is -0.393 e. The molecule has 254 valence electrons. The lowest BCUT2D eigenvalue weighted by atomic mass is 9.71. The minimum absolute atomic E-state index is 0.0567. The van der Waals surface area contributed by atoms with Gasteiger partial charge in [-0.15, -0.1) is 0 Å². The van der Waals surface area contributed by atoms with Gasteiger partial charge in [0.1, 0.15) is 5.69 Å². The fourth-order valence-electron chi connectivity index (χ4n) is 8.56. The first-order valence-corrected chi connectivity index (χ1v) is 17.6. The number of aryl methyl sites for hydroxylation is 1. The van der Waals surface area contributed by atoms with E-state index in [9.17, 15) is 9.90 Å². The Labute approximate surface area is 280 Å². The minimum atomic E-state index is -0.697. The van der Waals surface area contributed by atoms with Crippen LogP contribution in [0.2, 0.25) is 0 Å².